The summed E-state index contributed by atoms with van der Waals surface area (Å²) in [5.41, 5.74) is 6.47. The maximum absolute atomic E-state index is 9.13. The first-order chi connectivity index (χ1) is 8.28. The standard InChI is InChI=1S/C11H14N4O2/c12-7-10-14-15-11(17-10)13-6-5-8-1-3-9(16)4-2-8/h1-4,16H,5-7,12H2,(H,13,15). The lowest BCUT2D eigenvalue weighted by Crippen LogP contribution is -2.04. The number of anilines is 1. The van der Waals surface area contributed by atoms with E-state index in [9.17, 15) is 0 Å². The van der Waals surface area contributed by atoms with Gasteiger partial charge in [0, 0.05) is 6.54 Å². The van der Waals surface area contributed by atoms with Crippen molar-refractivity contribution in [3.8, 4) is 5.75 Å². The third-order valence-electron chi connectivity index (χ3n) is 2.27. The second-order valence-corrected chi connectivity index (χ2v) is 3.55. The van der Waals surface area contributed by atoms with Crippen LogP contribution in [-0.2, 0) is 13.0 Å². The number of phenolic OH excluding ortho intramolecular Hbond substituents is 1. The van der Waals surface area contributed by atoms with Gasteiger partial charge in [-0.15, -0.1) is 5.10 Å². The lowest BCUT2D eigenvalue weighted by molar-refractivity contribution is 0.475. The van der Waals surface area contributed by atoms with Crippen molar-refractivity contribution in [2.24, 2.45) is 5.73 Å². The van der Waals surface area contributed by atoms with E-state index in [2.05, 4.69) is 15.5 Å². The van der Waals surface area contributed by atoms with Gasteiger partial charge in [0.25, 0.3) is 0 Å². The van der Waals surface area contributed by atoms with Crippen molar-refractivity contribution in [3.05, 3.63) is 35.7 Å². The van der Waals surface area contributed by atoms with E-state index in [0.717, 1.165) is 12.0 Å². The molecule has 0 aliphatic carbocycles. The summed E-state index contributed by atoms with van der Waals surface area (Å²) in [5, 5.41) is 19.7. The number of hydrogen-bond donors (Lipinski definition) is 3. The first kappa shape index (κ1) is 11.4. The number of hydrogen-bond acceptors (Lipinski definition) is 6. The van der Waals surface area contributed by atoms with E-state index in [1.165, 1.54) is 0 Å². The Balaban J connectivity index is 1.81. The van der Waals surface area contributed by atoms with Crippen molar-refractivity contribution in [2.75, 3.05) is 11.9 Å². The molecule has 0 bridgehead atoms. The molecule has 0 radical (unpaired) electrons. The minimum absolute atomic E-state index is 0.243. The molecule has 90 valence electrons. The predicted octanol–water partition coefficient (Wildman–Crippen LogP) is 0.888. The van der Waals surface area contributed by atoms with Gasteiger partial charge >= 0.3 is 6.01 Å². The van der Waals surface area contributed by atoms with E-state index in [1.54, 1.807) is 12.1 Å². The first-order valence-electron chi connectivity index (χ1n) is 5.32. The molecule has 1 aromatic carbocycles. The molecule has 6 heteroatoms. The monoisotopic (exact) mass is 234 g/mol. The molecule has 0 aliphatic rings. The fraction of sp³-hybridized carbons (Fsp3) is 0.273. The van der Waals surface area contributed by atoms with Crippen LogP contribution < -0.4 is 11.1 Å². The van der Waals surface area contributed by atoms with Crippen LogP contribution in [-0.4, -0.2) is 21.8 Å². The van der Waals surface area contributed by atoms with Crippen molar-refractivity contribution in [3.63, 3.8) is 0 Å². The minimum Gasteiger partial charge on any atom is -0.508 e. The average Bonchev–Trinajstić information content (AvgIpc) is 2.80. The van der Waals surface area contributed by atoms with Gasteiger partial charge in [-0.3, -0.25) is 0 Å². The molecule has 17 heavy (non-hydrogen) atoms. The van der Waals surface area contributed by atoms with Crippen molar-refractivity contribution < 1.29 is 9.52 Å². The molecule has 0 saturated carbocycles. The average molecular weight is 234 g/mol. The summed E-state index contributed by atoms with van der Waals surface area (Å²) in [4.78, 5) is 0. The molecule has 6 nitrogen and oxygen atoms in total. The zero-order valence-corrected chi connectivity index (χ0v) is 9.26. The number of aromatic hydroxyl groups is 1. The molecule has 1 heterocycles. The quantitative estimate of drug-likeness (QED) is 0.710. The zero-order chi connectivity index (χ0) is 12.1. The van der Waals surface area contributed by atoms with E-state index in [1.807, 2.05) is 12.1 Å². The fourth-order valence-corrected chi connectivity index (χ4v) is 1.38. The van der Waals surface area contributed by atoms with Crippen LogP contribution in [0.2, 0.25) is 0 Å². The van der Waals surface area contributed by atoms with Crippen molar-refractivity contribution in [1.82, 2.24) is 10.2 Å². The molecule has 0 saturated heterocycles. The lowest BCUT2D eigenvalue weighted by Gasteiger charge is -2.02. The van der Waals surface area contributed by atoms with E-state index < -0.39 is 0 Å². The predicted molar refractivity (Wildman–Crippen MR) is 62.5 cm³/mol. The second kappa shape index (κ2) is 5.31. The summed E-state index contributed by atoms with van der Waals surface area (Å²) in [6.07, 6.45) is 0.806. The van der Waals surface area contributed by atoms with E-state index >= 15 is 0 Å². The molecule has 1 aromatic heterocycles. The van der Waals surface area contributed by atoms with Gasteiger partial charge in [-0.1, -0.05) is 17.2 Å². The van der Waals surface area contributed by atoms with Crippen LogP contribution in [0.15, 0.2) is 28.7 Å². The Labute approximate surface area is 98.5 Å². The third kappa shape index (κ3) is 3.18. The van der Waals surface area contributed by atoms with Crippen LogP contribution in [0.5, 0.6) is 5.75 Å². The zero-order valence-electron chi connectivity index (χ0n) is 9.26. The van der Waals surface area contributed by atoms with Crippen LogP contribution in [0.25, 0.3) is 0 Å². The van der Waals surface area contributed by atoms with Crippen LogP contribution in [0.4, 0.5) is 6.01 Å². The lowest BCUT2D eigenvalue weighted by atomic mass is 10.1. The molecule has 0 fully saturated rings. The van der Waals surface area contributed by atoms with Gasteiger partial charge in [0.2, 0.25) is 5.89 Å². The number of nitrogens with one attached hydrogen (secondary N) is 1. The van der Waals surface area contributed by atoms with Gasteiger partial charge in [-0.2, -0.15) is 0 Å². The Bertz CT molecular complexity index is 467. The Morgan fingerprint density at radius 1 is 1.24 bits per heavy atom. The van der Waals surface area contributed by atoms with Crippen LogP contribution in [0, 0.1) is 0 Å². The summed E-state index contributed by atoms with van der Waals surface area (Å²) in [7, 11) is 0. The highest BCUT2D eigenvalue weighted by molar-refractivity contribution is 5.27. The molecular weight excluding hydrogens is 220 g/mol. The molecule has 0 atom stereocenters. The highest BCUT2D eigenvalue weighted by Gasteiger charge is 2.02. The molecular formula is C11H14N4O2. The third-order valence-corrected chi connectivity index (χ3v) is 2.27. The van der Waals surface area contributed by atoms with Crippen molar-refractivity contribution >= 4 is 6.01 Å². The maximum Gasteiger partial charge on any atom is 0.315 e. The normalized spacial score (nSPS) is 10.4. The Kier molecular flexibility index (Phi) is 3.56. The SMILES string of the molecule is NCc1nnc(NCCc2ccc(O)cc2)o1. The summed E-state index contributed by atoms with van der Waals surface area (Å²) in [6, 6.07) is 7.44. The highest BCUT2D eigenvalue weighted by atomic mass is 16.4. The number of rotatable bonds is 5. The number of aromatic nitrogens is 2. The summed E-state index contributed by atoms with van der Waals surface area (Å²) in [5.74, 6) is 0.684. The molecule has 2 aromatic rings. The van der Waals surface area contributed by atoms with Crippen LogP contribution in [0.1, 0.15) is 11.5 Å². The molecule has 4 N–H and O–H groups in total. The molecule has 0 unspecified atom stereocenters. The van der Waals surface area contributed by atoms with Gasteiger partial charge < -0.3 is 20.6 Å². The Hall–Kier alpha value is -2.08. The number of benzene rings is 1. The Morgan fingerprint density at radius 2 is 2.00 bits per heavy atom. The van der Waals surface area contributed by atoms with Gasteiger partial charge in [0.15, 0.2) is 0 Å². The molecule has 0 aliphatic heterocycles. The van der Waals surface area contributed by atoms with Gasteiger partial charge in [-0.25, -0.2) is 0 Å². The van der Waals surface area contributed by atoms with Crippen molar-refractivity contribution in [1.29, 1.82) is 0 Å². The summed E-state index contributed by atoms with van der Waals surface area (Å²) >= 11 is 0. The molecule has 0 amide bonds. The van der Waals surface area contributed by atoms with E-state index in [4.69, 9.17) is 15.3 Å². The van der Waals surface area contributed by atoms with Crippen LogP contribution >= 0.6 is 0 Å². The summed E-state index contributed by atoms with van der Waals surface area (Å²) in [6.45, 7) is 0.920. The molecule has 2 rings (SSSR count). The summed E-state index contributed by atoms with van der Waals surface area (Å²) < 4.78 is 5.19. The van der Waals surface area contributed by atoms with Crippen molar-refractivity contribution in [2.45, 2.75) is 13.0 Å². The van der Waals surface area contributed by atoms with Gasteiger partial charge in [0.1, 0.15) is 5.75 Å². The largest absolute Gasteiger partial charge is 0.508 e. The van der Waals surface area contributed by atoms with Crippen LogP contribution in [0.3, 0.4) is 0 Å². The van der Waals surface area contributed by atoms with Gasteiger partial charge in [0.05, 0.1) is 6.54 Å². The topological polar surface area (TPSA) is 97.2 Å². The Morgan fingerprint density at radius 3 is 2.65 bits per heavy atom. The smallest absolute Gasteiger partial charge is 0.315 e. The number of phenols is 1. The first-order valence-corrected chi connectivity index (χ1v) is 5.32. The van der Waals surface area contributed by atoms with E-state index in [-0.39, 0.29) is 12.3 Å². The highest BCUT2D eigenvalue weighted by Crippen LogP contribution is 2.10. The number of nitrogens with two attached hydrogens (primary N) is 1. The minimum atomic E-state index is 0.243. The maximum atomic E-state index is 9.13. The van der Waals surface area contributed by atoms with Gasteiger partial charge in [-0.05, 0) is 24.1 Å². The fourth-order valence-electron chi connectivity index (χ4n) is 1.38. The second-order valence-electron chi connectivity index (χ2n) is 3.55. The van der Waals surface area contributed by atoms with E-state index in [0.29, 0.717) is 18.5 Å². The molecule has 0 spiro atoms. The number of nitrogens with zero attached hydrogens (tertiary/aromatic N) is 2.